The Kier molecular flexibility index (Phi) is 9.37. The first-order valence-electron chi connectivity index (χ1n) is 13.6. The number of ether oxygens (including phenoxy) is 4. The van der Waals surface area contributed by atoms with Crippen LogP contribution in [0.1, 0.15) is 62.6 Å². The van der Waals surface area contributed by atoms with E-state index in [9.17, 15) is 9.59 Å². The monoisotopic (exact) mass is 524 g/mol. The summed E-state index contributed by atoms with van der Waals surface area (Å²) in [4.78, 5) is 31.4. The average molecular weight is 525 g/mol. The third-order valence-electron chi connectivity index (χ3n) is 7.61. The molecule has 8 nitrogen and oxygen atoms in total. The Morgan fingerprint density at radius 1 is 0.816 bits per heavy atom. The van der Waals surface area contributed by atoms with Crippen LogP contribution in [0.15, 0.2) is 36.4 Å². The molecule has 1 atom stereocenters. The summed E-state index contributed by atoms with van der Waals surface area (Å²) in [6, 6.07) is 10.7. The lowest BCUT2D eigenvalue weighted by molar-refractivity contribution is -0.158. The summed E-state index contributed by atoms with van der Waals surface area (Å²) in [6.45, 7) is 2.94. The van der Waals surface area contributed by atoms with Gasteiger partial charge in [0.15, 0.2) is 23.0 Å². The maximum absolute atomic E-state index is 14.1. The van der Waals surface area contributed by atoms with Crippen LogP contribution in [0.25, 0.3) is 0 Å². The van der Waals surface area contributed by atoms with E-state index >= 15 is 0 Å². The Morgan fingerprint density at radius 3 is 2.13 bits per heavy atom. The zero-order valence-corrected chi connectivity index (χ0v) is 23.0. The molecular formula is C30H40N2O6. The Hall–Kier alpha value is -3.42. The smallest absolute Gasteiger partial charge is 0.250 e. The SMILES string of the molecule is CCOc1ccc([C@@H]2C(=O)N(C3CCCCCC3)CC(=O)N2CCc2ccc(OC)c(OC)c2)cc1OC. The van der Waals surface area contributed by atoms with Gasteiger partial charge in [-0.05, 0) is 61.6 Å². The summed E-state index contributed by atoms with van der Waals surface area (Å²) >= 11 is 0. The average Bonchev–Trinajstić information content (AvgIpc) is 3.23. The first kappa shape index (κ1) is 27.6. The molecule has 0 radical (unpaired) electrons. The van der Waals surface area contributed by atoms with E-state index in [2.05, 4.69) is 0 Å². The van der Waals surface area contributed by atoms with Crippen molar-refractivity contribution >= 4 is 11.8 Å². The molecule has 0 bridgehead atoms. The minimum absolute atomic E-state index is 0.0185. The highest BCUT2D eigenvalue weighted by atomic mass is 16.5. The van der Waals surface area contributed by atoms with Gasteiger partial charge in [-0.15, -0.1) is 0 Å². The molecule has 2 aromatic carbocycles. The molecule has 1 aliphatic carbocycles. The second kappa shape index (κ2) is 12.9. The van der Waals surface area contributed by atoms with E-state index in [1.54, 1.807) is 26.2 Å². The van der Waals surface area contributed by atoms with E-state index in [1.807, 2.05) is 48.2 Å². The van der Waals surface area contributed by atoms with Gasteiger partial charge in [-0.1, -0.05) is 37.8 Å². The third-order valence-corrected chi connectivity index (χ3v) is 7.61. The first-order valence-corrected chi connectivity index (χ1v) is 13.6. The van der Waals surface area contributed by atoms with Gasteiger partial charge in [-0.2, -0.15) is 0 Å². The highest BCUT2D eigenvalue weighted by Crippen LogP contribution is 2.37. The summed E-state index contributed by atoms with van der Waals surface area (Å²) in [5.74, 6) is 2.40. The van der Waals surface area contributed by atoms with Crippen LogP contribution in [0.3, 0.4) is 0 Å². The molecule has 0 spiro atoms. The van der Waals surface area contributed by atoms with Crippen LogP contribution in [0.2, 0.25) is 0 Å². The summed E-state index contributed by atoms with van der Waals surface area (Å²) < 4.78 is 22.1. The number of carbonyl (C=O) groups is 2. The summed E-state index contributed by atoms with van der Waals surface area (Å²) in [7, 11) is 4.79. The summed E-state index contributed by atoms with van der Waals surface area (Å²) in [5.41, 5.74) is 1.73. The fraction of sp³-hybridized carbons (Fsp3) is 0.533. The second-order valence-electron chi connectivity index (χ2n) is 9.88. The van der Waals surface area contributed by atoms with E-state index in [0.717, 1.165) is 36.8 Å². The van der Waals surface area contributed by atoms with Gasteiger partial charge in [0, 0.05) is 12.6 Å². The van der Waals surface area contributed by atoms with E-state index in [-0.39, 0.29) is 24.4 Å². The number of amides is 2. The van der Waals surface area contributed by atoms with Crippen molar-refractivity contribution in [1.29, 1.82) is 0 Å². The van der Waals surface area contributed by atoms with Gasteiger partial charge in [0.1, 0.15) is 12.6 Å². The largest absolute Gasteiger partial charge is 0.493 e. The van der Waals surface area contributed by atoms with Crippen molar-refractivity contribution < 1.29 is 28.5 Å². The third kappa shape index (κ3) is 6.00. The van der Waals surface area contributed by atoms with E-state index in [4.69, 9.17) is 18.9 Å². The Labute approximate surface area is 225 Å². The van der Waals surface area contributed by atoms with Gasteiger partial charge >= 0.3 is 0 Å². The maximum atomic E-state index is 14.1. The molecule has 0 N–H and O–H groups in total. The molecule has 1 saturated carbocycles. The molecule has 2 aliphatic rings. The molecule has 2 fully saturated rings. The highest BCUT2D eigenvalue weighted by molar-refractivity contribution is 5.96. The number of methoxy groups -OCH3 is 3. The minimum Gasteiger partial charge on any atom is -0.493 e. The number of rotatable bonds is 10. The maximum Gasteiger partial charge on any atom is 0.250 e. The zero-order chi connectivity index (χ0) is 27.1. The molecule has 2 aromatic rings. The first-order chi connectivity index (χ1) is 18.5. The topological polar surface area (TPSA) is 77.5 Å². The van der Waals surface area contributed by atoms with Crippen molar-refractivity contribution in [2.75, 3.05) is 41.0 Å². The number of piperazine rings is 1. The van der Waals surface area contributed by atoms with Crippen molar-refractivity contribution in [3.05, 3.63) is 47.5 Å². The van der Waals surface area contributed by atoms with E-state index in [1.165, 1.54) is 12.8 Å². The van der Waals surface area contributed by atoms with Crippen molar-refractivity contribution in [3.63, 3.8) is 0 Å². The molecule has 4 rings (SSSR count). The quantitative estimate of drug-likeness (QED) is 0.416. The predicted octanol–water partition coefficient (Wildman–Crippen LogP) is 4.79. The zero-order valence-electron chi connectivity index (χ0n) is 23.0. The molecule has 38 heavy (non-hydrogen) atoms. The van der Waals surface area contributed by atoms with Gasteiger partial charge in [0.05, 0.1) is 27.9 Å². The standard InChI is InChI=1S/C30H40N2O6/c1-5-38-25-15-13-22(19-27(25)37-4)29-30(34)32(23-10-8-6-7-9-11-23)20-28(33)31(29)17-16-21-12-14-24(35-2)26(18-21)36-3/h12-15,18-19,23,29H,5-11,16-17,20H2,1-4H3/t29-/m1/s1. The Morgan fingerprint density at radius 2 is 1.47 bits per heavy atom. The normalized spacial score (nSPS) is 18.8. The van der Waals surface area contributed by atoms with Crippen LogP contribution >= 0.6 is 0 Å². The second-order valence-corrected chi connectivity index (χ2v) is 9.88. The van der Waals surface area contributed by atoms with Gasteiger partial charge in [-0.25, -0.2) is 0 Å². The number of carbonyl (C=O) groups excluding carboxylic acids is 2. The summed E-state index contributed by atoms with van der Waals surface area (Å²) in [6.07, 6.45) is 7.02. The van der Waals surface area contributed by atoms with E-state index < -0.39 is 6.04 Å². The highest BCUT2D eigenvalue weighted by Gasteiger charge is 2.42. The molecule has 1 saturated heterocycles. The van der Waals surface area contributed by atoms with Crippen LogP contribution in [0.5, 0.6) is 23.0 Å². The van der Waals surface area contributed by atoms with Crippen LogP contribution in [0.4, 0.5) is 0 Å². The number of hydrogen-bond donors (Lipinski definition) is 0. The lowest BCUT2D eigenvalue weighted by atomic mass is 9.96. The van der Waals surface area contributed by atoms with Gasteiger partial charge in [0.25, 0.3) is 5.91 Å². The molecule has 0 unspecified atom stereocenters. The van der Waals surface area contributed by atoms with Crippen LogP contribution in [0, 0.1) is 0 Å². The van der Waals surface area contributed by atoms with Crippen LogP contribution in [-0.4, -0.2) is 68.7 Å². The molecule has 206 valence electrons. The van der Waals surface area contributed by atoms with Crippen molar-refractivity contribution in [2.45, 2.75) is 64.0 Å². The van der Waals surface area contributed by atoms with Crippen molar-refractivity contribution in [1.82, 2.24) is 9.80 Å². The molecule has 2 amide bonds. The van der Waals surface area contributed by atoms with E-state index in [0.29, 0.717) is 42.6 Å². The molecule has 1 aliphatic heterocycles. The number of nitrogens with zero attached hydrogens (tertiary/aromatic N) is 2. The van der Waals surface area contributed by atoms with Gasteiger partial charge < -0.3 is 28.7 Å². The fourth-order valence-corrected chi connectivity index (χ4v) is 5.62. The fourth-order valence-electron chi connectivity index (χ4n) is 5.62. The van der Waals surface area contributed by atoms with Crippen molar-refractivity contribution in [3.8, 4) is 23.0 Å². The lowest BCUT2D eigenvalue weighted by Crippen LogP contribution is -2.58. The van der Waals surface area contributed by atoms with Crippen molar-refractivity contribution in [2.24, 2.45) is 0 Å². The molecular weight excluding hydrogens is 484 g/mol. The Bertz CT molecular complexity index is 1110. The molecule has 1 heterocycles. The number of benzene rings is 2. The van der Waals surface area contributed by atoms with Gasteiger partial charge in [0.2, 0.25) is 5.91 Å². The minimum atomic E-state index is -0.718. The lowest BCUT2D eigenvalue weighted by Gasteiger charge is -2.43. The predicted molar refractivity (Wildman–Crippen MR) is 145 cm³/mol. The van der Waals surface area contributed by atoms with Crippen LogP contribution in [-0.2, 0) is 16.0 Å². The van der Waals surface area contributed by atoms with Gasteiger partial charge in [-0.3, -0.25) is 9.59 Å². The summed E-state index contributed by atoms with van der Waals surface area (Å²) in [5, 5.41) is 0. The molecule has 8 heteroatoms. The number of hydrogen-bond acceptors (Lipinski definition) is 6. The van der Waals surface area contributed by atoms with Crippen LogP contribution < -0.4 is 18.9 Å². The Balaban J connectivity index is 1.65. The molecule has 0 aromatic heterocycles.